The fourth-order valence-corrected chi connectivity index (χ4v) is 2.23. The molecule has 0 spiro atoms. The van der Waals surface area contributed by atoms with E-state index < -0.39 is 0 Å². The third-order valence-electron chi connectivity index (χ3n) is 3.09. The lowest BCUT2D eigenvalue weighted by Gasteiger charge is -2.14. The quantitative estimate of drug-likeness (QED) is 0.634. The van der Waals surface area contributed by atoms with Crippen molar-refractivity contribution in [3.63, 3.8) is 0 Å². The summed E-state index contributed by atoms with van der Waals surface area (Å²) < 4.78 is 0. The third-order valence-corrected chi connectivity index (χ3v) is 3.50. The lowest BCUT2D eigenvalue weighted by Crippen LogP contribution is -2.11. The van der Waals surface area contributed by atoms with Gasteiger partial charge in [-0.2, -0.15) is 0 Å². The first kappa shape index (κ1) is 12.1. The summed E-state index contributed by atoms with van der Waals surface area (Å²) in [5.74, 6) is 5.62. The van der Waals surface area contributed by atoms with Gasteiger partial charge < -0.3 is 5.43 Å². The number of benzene rings is 1. The van der Waals surface area contributed by atoms with E-state index in [9.17, 15) is 0 Å². The first-order chi connectivity index (χ1) is 8.08. The second-order valence-corrected chi connectivity index (χ2v) is 4.58. The predicted molar refractivity (Wildman–Crippen MR) is 73.4 cm³/mol. The van der Waals surface area contributed by atoms with Crippen LogP contribution >= 0.6 is 11.6 Å². The van der Waals surface area contributed by atoms with Crippen LogP contribution in [0.3, 0.4) is 0 Å². The van der Waals surface area contributed by atoms with E-state index in [1.807, 2.05) is 26.0 Å². The SMILES string of the molecule is CCc1nc2cc(Cl)c(C)cc2c(NN)c1C. The molecule has 1 aromatic heterocycles. The van der Waals surface area contributed by atoms with Crippen LogP contribution in [-0.2, 0) is 6.42 Å². The maximum absolute atomic E-state index is 6.13. The molecule has 0 amide bonds. The van der Waals surface area contributed by atoms with E-state index in [1.54, 1.807) is 0 Å². The van der Waals surface area contributed by atoms with Gasteiger partial charge in [-0.05, 0) is 43.5 Å². The van der Waals surface area contributed by atoms with Crippen LogP contribution in [0.5, 0.6) is 0 Å². The van der Waals surface area contributed by atoms with Crippen LogP contribution in [0.1, 0.15) is 23.7 Å². The Kier molecular flexibility index (Phi) is 3.22. The minimum atomic E-state index is 0.735. The number of hydrogen-bond acceptors (Lipinski definition) is 3. The number of halogens is 1. The van der Waals surface area contributed by atoms with Crippen LogP contribution in [0.25, 0.3) is 10.9 Å². The molecule has 2 aromatic rings. The van der Waals surface area contributed by atoms with E-state index in [1.165, 1.54) is 0 Å². The monoisotopic (exact) mass is 249 g/mol. The summed E-state index contributed by atoms with van der Waals surface area (Å²) in [5, 5.41) is 1.75. The summed E-state index contributed by atoms with van der Waals surface area (Å²) in [6.45, 7) is 6.09. The van der Waals surface area contributed by atoms with Crippen molar-refractivity contribution in [1.82, 2.24) is 4.98 Å². The summed E-state index contributed by atoms with van der Waals surface area (Å²) in [4.78, 5) is 4.62. The van der Waals surface area contributed by atoms with Crippen LogP contribution in [0.4, 0.5) is 5.69 Å². The number of hydrogen-bond donors (Lipinski definition) is 2. The first-order valence-corrected chi connectivity index (χ1v) is 6.02. The molecule has 2 rings (SSSR count). The number of rotatable bonds is 2. The molecular weight excluding hydrogens is 234 g/mol. The van der Waals surface area contributed by atoms with Crippen molar-refractivity contribution in [3.05, 3.63) is 34.0 Å². The Bertz CT molecular complexity index is 579. The van der Waals surface area contributed by atoms with E-state index in [0.717, 1.165) is 44.9 Å². The number of nitrogens with zero attached hydrogens (tertiary/aromatic N) is 1. The van der Waals surface area contributed by atoms with Crippen LogP contribution in [0, 0.1) is 13.8 Å². The lowest BCUT2D eigenvalue weighted by atomic mass is 10.0. The molecule has 1 heterocycles. The van der Waals surface area contributed by atoms with Crippen molar-refractivity contribution in [1.29, 1.82) is 0 Å². The van der Waals surface area contributed by atoms with Gasteiger partial charge in [0.25, 0.3) is 0 Å². The topological polar surface area (TPSA) is 50.9 Å². The summed E-state index contributed by atoms with van der Waals surface area (Å²) in [7, 11) is 0. The molecule has 17 heavy (non-hydrogen) atoms. The highest BCUT2D eigenvalue weighted by molar-refractivity contribution is 6.32. The summed E-state index contributed by atoms with van der Waals surface area (Å²) >= 11 is 6.13. The van der Waals surface area contributed by atoms with Crippen LogP contribution < -0.4 is 11.3 Å². The zero-order valence-corrected chi connectivity index (χ0v) is 11.0. The molecule has 0 aliphatic heterocycles. The molecule has 3 N–H and O–H groups in total. The Morgan fingerprint density at radius 3 is 2.65 bits per heavy atom. The third kappa shape index (κ3) is 1.96. The Balaban J connectivity index is 2.88. The van der Waals surface area contributed by atoms with Crippen molar-refractivity contribution in [3.8, 4) is 0 Å². The van der Waals surface area contributed by atoms with Crippen LogP contribution in [0.2, 0.25) is 5.02 Å². The van der Waals surface area contributed by atoms with E-state index in [4.69, 9.17) is 17.4 Å². The van der Waals surface area contributed by atoms with E-state index >= 15 is 0 Å². The predicted octanol–water partition coefficient (Wildman–Crippen LogP) is 3.35. The van der Waals surface area contributed by atoms with Gasteiger partial charge in [-0.15, -0.1) is 0 Å². The fraction of sp³-hybridized carbons (Fsp3) is 0.308. The second-order valence-electron chi connectivity index (χ2n) is 4.17. The van der Waals surface area contributed by atoms with Crippen molar-refractivity contribution < 1.29 is 0 Å². The highest BCUT2D eigenvalue weighted by Crippen LogP contribution is 2.31. The Labute approximate surface area is 106 Å². The number of nitrogen functional groups attached to an aromatic ring is 1. The maximum atomic E-state index is 6.13. The zero-order chi connectivity index (χ0) is 12.6. The number of anilines is 1. The number of fused-ring (bicyclic) bond motifs is 1. The van der Waals surface area contributed by atoms with Gasteiger partial charge >= 0.3 is 0 Å². The van der Waals surface area contributed by atoms with Crippen molar-refractivity contribution in [2.45, 2.75) is 27.2 Å². The van der Waals surface area contributed by atoms with Gasteiger partial charge in [0.05, 0.1) is 11.2 Å². The Morgan fingerprint density at radius 1 is 1.35 bits per heavy atom. The van der Waals surface area contributed by atoms with Gasteiger partial charge in [0.1, 0.15) is 0 Å². The normalized spacial score (nSPS) is 10.9. The molecule has 90 valence electrons. The zero-order valence-electron chi connectivity index (χ0n) is 10.3. The molecule has 0 atom stereocenters. The maximum Gasteiger partial charge on any atom is 0.0741 e. The summed E-state index contributed by atoms with van der Waals surface area (Å²) in [6, 6.07) is 3.91. The highest BCUT2D eigenvalue weighted by Gasteiger charge is 2.11. The van der Waals surface area contributed by atoms with E-state index in [0.29, 0.717) is 0 Å². The molecule has 0 unspecified atom stereocenters. The minimum absolute atomic E-state index is 0.735. The smallest absolute Gasteiger partial charge is 0.0741 e. The molecule has 0 aliphatic carbocycles. The summed E-state index contributed by atoms with van der Waals surface area (Å²) in [6.07, 6.45) is 0.877. The molecule has 0 aliphatic rings. The number of nitrogens with one attached hydrogen (secondary N) is 1. The molecule has 0 bridgehead atoms. The van der Waals surface area contributed by atoms with Gasteiger partial charge in [0.15, 0.2) is 0 Å². The van der Waals surface area contributed by atoms with Gasteiger partial charge in [-0.25, -0.2) is 0 Å². The Hall–Kier alpha value is -1.32. The molecule has 0 saturated heterocycles. The van der Waals surface area contributed by atoms with Crippen molar-refractivity contribution in [2.75, 3.05) is 5.43 Å². The first-order valence-electron chi connectivity index (χ1n) is 5.64. The molecule has 3 nitrogen and oxygen atoms in total. The van der Waals surface area contributed by atoms with Crippen molar-refractivity contribution >= 4 is 28.2 Å². The Morgan fingerprint density at radius 2 is 2.06 bits per heavy atom. The molecule has 0 radical (unpaired) electrons. The molecular formula is C13H16ClN3. The highest BCUT2D eigenvalue weighted by atomic mass is 35.5. The average Bonchev–Trinajstić information content (AvgIpc) is 2.31. The van der Waals surface area contributed by atoms with Gasteiger partial charge in [0, 0.05) is 16.1 Å². The number of pyridine rings is 1. The number of aryl methyl sites for hydroxylation is 2. The average molecular weight is 250 g/mol. The van der Waals surface area contributed by atoms with E-state index in [-0.39, 0.29) is 0 Å². The molecule has 4 heteroatoms. The number of aromatic nitrogens is 1. The second kappa shape index (κ2) is 4.51. The number of hydrazine groups is 1. The van der Waals surface area contributed by atoms with Crippen LogP contribution in [0.15, 0.2) is 12.1 Å². The number of nitrogens with two attached hydrogens (primary N) is 1. The molecule has 0 saturated carbocycles. The van der Waals surface area contributed by atoms with Crippen LogP contribution in [-0.4, -0.2) is 4.98 Å². The summed E-state index contributed by atoms with van der Waals surface area (Å²) in [5.41, 5.74) is 7.78. The fourth-order valence-electron chi connectivity index (χ4n) is 2.07. The lowest BCUT2D eigenvalue weighted by molar-refractivity contribution is 1.03. The van der Waals surface area contributed by atoms with Gasteiger partial charge in [-0.1, -0.05) is 18.5 Å². The molecule has 0 fully saturated rings. The minimum Gasteiger partial charge on any atom is -0.323 e. The van der Waals surface area contributed by atoms with Crippen molar-refractivity contribution in [2.24, 2.45) is 5.84 Å². The van der Waals surface area contributed by atoms with Gasteiger partial charge in [-0.3, -0.25) is 10.8 Å². The molecule has 1 aromatic carbocycles. The largest absolute Gasteiger partial charge is 0.323 e. The standard InChI is InChI=1S/C13H16ClN3/c1-4-11-8(3)13(17-15)9-5-7(2)10(14)6-12(9)16-11/h5-6H,4,15H2,1-3H3,(H,16,17). The van der Waals surface area contributed by atoms with E-state index in [2.05, 4.69) is 17.3 Å². The van der Waals surface area contributed by atoms with Gasteiger partial charge in [0.2, 0.25) is 0 Å².